The van der Waals surface area contributed by atoms with Gasteiger partial charge in [0.15, 0.2) is 6.10 Å². The van der Waals surface area contributed by atoms with E-state index in [1.54, 1.807) is 0 Å². The van der Waals surface area contributed by atoms with Crippen molar-refractivity contribution in [2.75, 3.05) is 26.4 Å². The highest BCUT2D eigenvalue weighted by Crippen LogP contribution is 2.43. The molecule has 3 N–H and O–H groups in total. The number of rotatable bonds is 69. The van der Waals surface area contributed by atoms with Crippen LogP contribution in [0.2, 0.25) is 0 Å². The van der Waals surface area contributed by atoms with Crippen molar-refractivity contribution in [3.05, 3.63) is 85.1 Å². The van der Waals surface area contributed by atoms with Gasteiger partial charge in [-0.1, -0.05) is 356 Å². The van der Waals surface area contributed by atoms with Crippen LogP contribution in [0.5, 0.6) is 0 Å². The van der Waals surface area contributed by atoms with Crippen molar-refractivity contribution >= 4 is 19.8 Å². The summed E-state index contributed by atoms with van der Waals surface area (Å²) in [6, 6.07) is 0. The van der Waals surface area contributed by atoms with E-state index in [1.165, 1.54) is 238 Å². The number of esters is 2. The fraction of sp³-hybridized carbons (Fsp3) is 0.789. The first-order valence-corrected chi connectivity index (χ1v) is 38.1. The minimum absolute atomic E-state index is 0.0447. The lowest BCUT2D eigenvalue weighted by Gasteiger charge is -2.19. The molecule has 0 aromatic carbocycles. The third-order valence-electron chi connectivity index (χ3n) is 16.0. The zero-order valence-corrected chi connectivity index (χ0v) is 57.2. The monoisotopic (exact) mass is 1220 g/mol. The van der Waals surface area contributed by atoms with Gasteiger partial charge < -0.3 is 20.1 Å². The second kappa shape index (κ2) is 71.3. The van der Waals surface area contributed by atoms with E-state index in [0.717, 1.165) is 83.5 Å². The van der Waals surface area contributed by atoms with Gasteiger partial charge in [0.1, 0.15) is 6.61 Å². The van der Waals surface area contributed by atoms with Gasteiger partial charge in [0, 0.05) is 19.4 Å². The molecular weight excluding hydrogens is 1090 g/mol. The van der Waals surface area contributed by atoms with E-state index in [1.807, 2.05) is 0 Å². The number of carbonyl (C=O) groups is 2. The number of phosphoric ester groups is 1. The minimum atomic E-state index is -4.41. The molecule has 0 amide bonds. The molecule has 0 aromatic heterocycles. The standard InChI is InChI=1S/C76H138NO8P/c1-3-5-7-9-11-13-15-17-19-21-23-25-27-29-30-31-32-33-34-35-36-37-38-39-40-41-42-43-45-46-48-50-52-54-56-58-60-62-64-66-68-75(78)82-72-74(73-84-86(80,81)83-71-70-77)85-76(79)69-67-65-63-61-59-57-55-53-51-49-47-44-28-26-24-22-20-18-16-14-12-10-8-6-4-2/h6,8,12,14,18,20,24,26,44,47,51,53,57,59,74H,3-5,7,9-11,13,15-17,19,21-23,25,27-43,45-46,48-50,52,54-56,58,60-73,77H2,1-2H3,(H,80,81)/b8-6-,14-12-,20-18-,26-24-,47-44-,53-51-,59-57-. The Hall–Kier alpha value is -2.81. The molecule has 0 spiro atoms. The maximum Gasteiger partial charge on any atom is 0.472 e. The van der Waals surface area contributed by atoms with Gasteiger partial charge in [0.2, 0.25) is 0 Å². The Morgan fingerprint density at radius 2 is 0.640 bits per heavy atom. The van der Waals surface area contributed by atoms with E-state index in [2.05, 4.69) is 98.9 Å². The molecule has 2 unspecified atom stereocenters. The van der Waals surface area contributed by atoms with Gasteiger partial charge in [0.25, 0.3) is 0 Å². The molecule has 0 saturated carbocycles. The molecule has 86 heavy (non-hydrogen) atoms. The average Bonchev–Trinajstić information content (AvgIpc) is 3.58. The van der Waals surface area contributed by atoms with Crippen molar-refractivity contribution in [3.63, 3.8) is 0 Å². The molecule has 0 fully saturated rings. The van der Waals surface area contributed by atoms with Gasteiger partial charge in [0.05, 0.1) is 13.2 Å². The van der Waals surface area contributed by atoms with Crippen LogP contribution in [0.15, 0.2) is 85.1 Å². The molecule has 0 aliphatic rings. The lowest BCUT2D eigenvalue weighted by molar-refractivity contribution is -0.161. The molecule has 0 aliphatic heterocycles. The normalized spacial score (nSPS) is 13.4. The fourth-order valence-electron chi connectivity index (χ4n) is 10.7. The van der Waals surface area contributed by atoms with Crippen LogP contribution in [0.1, 0.15) is 354 Å². The van der Waals surface area contributed by atoms with Gasteiger partial charge in [-0.25, -0.2) is 4.57 Å². The summed E-state index contributed by atoms with van der Waals surface area (Å²) in [6.07, 6.45) is 95.8. The Balaban J connectivity index is 3.81. The predicted octanol–water partition coefficient (Wildman–Crippen LogP) is 24.1. The van der Waals surface area contributed by atoms with Crippen molar-refractivity contribution in [2.45, 2.75) is 360 Å². The second-order valence-corrected chi connectivity index (χ2v) is 25.9. The summed E-state index contributed by atoms with van der Waals surface area (Å²) in [5.41, 5.74) is 5.40. The molecule has 0 heterocycles. The van der Waals surface area contributed by atoms with Crippen LogP contribution in [0, 0.1) is 0 Å². The van der Waals surface area contributed by atoms with Gasteiger partial charge in [-0.2, -0.15) is 0 Å². The number of carbonyl (C=O) groups excluding carboxylic acids is 2. The fourth-order valence-corrected chi connectivity index (χ4v) is 11.4. The quantitative estimate of drug-likeness (QED) is 0.0264. The lowest BCUT2D eigenvalue weighted by Crippen LogP contribution is -2.29. The van der Waals surface area contributed by atoms with Crippen LogP contribution in [0.3, 0.4) is 0 Å². The van der Waals surface area contributed by atoms with Crippen LogP contribution in [-0.2, 0) is 32.7 Å². The van der Waals surface area contributed by atoms with Gasteiger partial charge in [-0.15, -0.1) is 0 Å². The Morgan fingerprint density at radius 3 is 0.953 bits per heavy atom. The number of nitrogens with two attached hydrogens (primary N) is 1. The lowest BCUT2D eigenvalue weighted by atomic mass is 10.0. The second-order valence-electron chi connectivity index (χ2n) is 24.4. The van der Waals surface area contributed by atoms with E-state index in [9.17, 15) is 19.0 Å². The highest BCUT2D eigenvalue weighted by Gasteiger charge is 2.26. The molecule has 2 atom stereocenters. The van der Waals surface area contributed by atoms with Crippen LogP contribution in [-0.4, -0.2) is 49.3 Å². The van der Waals surface area contributed by atoms with Gasteiger partial charge in [-0.05, 0) is 70.6 Å². The summed E-state index contributed by atoms with van der Waals surface area (Å²) >= 11 is 0. The zero-order chi connectivity index (χ0) is 62.3. The van der Waals surface area contributed by atoms with E-state index in [4.69, 9.17) is 24.3 Å². The summed E-state index contributed by atoms with van der Waals surface area (Å²) in [7, 11) is -4.41. The number of ether oxygens (including phenoxy) is 2. The number of hydrogen-bond donors (Lipinski definition) is 2. The summed E-state index contributed by atoms with van der Waals surface area (Å²) in [4.78, 5) is 35.3. The maximum atomic E-state index is 12.7. The molecule has 0 aliphatic carbocycles. The Labute approximate surface area is 532 Å². The molecule has 0 saturated heterocycles. The van der Waals surface area contributed by atoms with Crippen molar-refractivity contribution < 1.29 is 37.6 Å². The van der Waals surface area contributed by atoms with E-state index >= 15 is 0 Å². The summed E-state index contributed by atoms with van der Waals surface area (Å²) in [5, 5.41) is 0. The molecule has 9 nitrogen and oxygen atoms in total. The predicted molar refractivity (Wildman–Crippen MR) is 372 cm³/mol. The molecule has 10 heteroatoms. The van der Waals surface area contributed by atoms with Gasteiger partial charge >= 0.3 is 19.8 Å². The highest BCUT2D eigenvalue weighted by atomic mass is 31.2. The topological polar surface area (TPSA) is 134 Å². The first-order chi connectivity index (χ1) is 42.3. The average molecular weight is 1220 g/mol. The van der Waals surface area contributed by atoms with Crippen molar-refractivity contribution in [2.24, 2.45) is 5.73 Å². The molecular formula is C76H138NO8P. The third-order valence-corrected chi connectivity index (χ3v) is 17.0. The van der Waals surface area contributed by atoms with Crippen LogP contribution in [0.4, 0.5) is 0 Å². The molecule has 0 bridgehead atoms. The first-order valence-electron chi connectivity index (χ1n) is 36.6. The summed E-state index contributed by atoms with van der Waals surface area (Å²) in [5.74, 6) is -0.858. The van der Waals surface area contributed by atoms with Gasteiger partial charge in [-0.3, -0.25) is 18.6 Å². The van der Waals surface area contributed by atoms with Crippen molar-refractivity contribution in [1.29, 1.82) is 0 Å². The van der Waals surface area contributed by atoms with E-state index in [0.29, 0.717) is 6.42 Å². The number of unbranched alkanes of at least 4 members (excludes halogenated alkanes) is 42. The Bertz CT molecular complexity index is 1690. The SMILES string of the molecule is CC/C=C\C/C=C\C/C=C\C/C=C\C/C=C\C/C=C\C/C=C\CCCCCC(=O)OC(COC(=O)CCCCCCCCCCCCCCCCCCCCCCCCCCCCCCCCCCCCCCCCCC)COP(=O)(O)OCCN. The first kappa shape index (κ1) is 83.2. The Morgan fingerprint density at radius 1 is 0.360 bits per heavy atom. The van der Waals surface area contributed by atoms with Crippen LogP contribution in [0.25, 0.3) is 0 Å². The maximum absolute atomic E-state index is 12.7. The molecule has 0 rings (SSSR count). The largest absolute Gasteiger partial charge is 0.472 e. The van der Waals surface area contributed by atoms with Crippen LogP contribution < -0.4 is 5.73 Å². The minimum Gasteiger partial charge on any atom is -0.462 e. The summed E-state index contributed by atoms with van der Waals surface area (Å²) in [6.45, 7) is 3.63. The van der Waals surface area contributed by atoms with Crippen LogP contribution >= 0.6 is 7.82 Å². The number of allylic oxidation sites excluding steroid dienone is 14. The molecule has 0 aromatic rings. The molecule has 0 radical (unpaired) electrons. The summed E-state index contributed by atoms with van der Waals surface area (Å²) < 4.78 is 33.1. The van der Waals surface area contributed by atoms with Crippen molar-refractivity contribution in [1.82, 2.24) is 0 Å². The zero-order valence-electron chi connectivity index (χ0n) is 56.3. The smallest absolute Gasteiger partial charge is 0.462 e. The third kappa shape index (κ3) is 70.3. The number of phosphoric acid groups is 1. The molecule has 500 valence electrons. The number of hydrogen-bond acceptors (Lipinski definition) is 8. The Kier molecular flexibility index (Phi) is 68.9. The van der Waals surface area contributed by atoms with Crippen molar-refractivity contribution in [3.8, 4) is 0 Å². The van der Waals surface area contributed by atoms with E-state index < -0.39 is 26.5 Å². The highest BCUT2D eigenvalue weighted by molar-refractivity contribution is 7.47. The van der Waals surface area contributed by atoms with E-state index in [-0.39, 0.29) is 38.6 Å².